The zero-order valence-electron chi connectivity index (χ0n) is 14.3. The first-order chi connectivity index (χ1) is 12.6. The summed E-state index contributed by atoms with van der Waals surface area (Å²) in [6.45, 7) is 2.18. The Morgan fingerprint density at radius 3 is 2.46 bits per heavy atom. The Morgan fingerprint density at radius 1 is 1.04 bits per heavy atom. The molecule has 142 valence electrons. The van der Waals surface area contributed by atoms with Crippen LogP contribution in [0.25, 0.3) is 11.0 Å². The molecule has 2 N–H and O–H groups in total. The van der Waals surface area contributed by atoms with Crippen LogP contribution in [0, 0.1) is 0 Å². The summed E-state index contributed by atoms with van der Waals surface area (Å²) in [5, 5.41) is 10.7. The van der Waals surface area contributed by atoms with Crippen molar-refractivity contribution in [3.63, 3.8) is 0 Å². The average Bonchev–Trinajstić information content (AvgIpc) is 3.40. The van der Waals surface area contributed by atoms with Crippen LogP contribution in [0.4, 0.5) is 5.69 Å². The van der Waals surface area contributed by atoms with Crippen molar-refractivity contribution in [1.29, 1.82) is 0 Å². The van der Waals surface area contributed by atoms with Gasteiger partial charge in [0.1, 0.15) is 10.4 Å². The fourth-order valence-electron chi connectivity index (χ4n) is 3.35. The summed E-state index contributed by atoms with van der Waals surface area (Å²) in [6.07, 6.45) is 3.76. The van der Waals surface area contributed by atoms with Crippen molar-refractivity contribution >= 4 is 26.7 Å². The highest BCUT2D eigenvalue weighted by atomic mass is 32.2. The van der Waals surface area contributed by atoms with Crippen molar-refractivity contribution in [2.24, 2.45) is 0 Å². The Hall–Kier alpha value is -1.75. The summed E-state index contributed by atoms with van der Waals surface area (Å²) in [5.41, 5.74) is 1.07. The lowest BCUT2D eigenvalue weighted by molar-refractivity contribution is 0.114. The number of aromatic nitrogens is 2. The van der Waals surface area contributed by atoms with E-state index in [9.17, 15) is 8.42 Å². The van der Waals surface area contributed by atoms with Crippen molar-refractivity contribution in [3.05, 3.63) is 12.1 Å². The number of sulfonamides is 1. The number of fused-ring (bicyclic) bond motifs is 1. The van der Waals surface area contributed by atoms with Gasteiger partial charge in [-0.25, -0.2) is 17.8 Å². The molecule has 4 rings (SSSR count). The lowest BCUT2D eigenvalue weighted by Gasteiger charge is -2.17. The van der Waals surface area contributed by atoms with Gasteiger partial charge in [0, 0.05) is 26.3 Å². The molecule has 0 amide bonds. The SMILES string of the molecule is O=S(=O)(NC[C@H]1CCCO1)c1c(NC[C@H]2CCCO2)ccc2nonc12. The van der Waals surface area contributed by atoms with Crippen LogP contribution < -0.4 is 10.0 Å². The zero-order valence-corrected chi connectivity index (χ0v) is 15.1. The molecule has 0 saturated carbocycles. The predicted molar refractivity (Wildman–Crippen MR) is 93.4 cm³/mol. The molecule has 26 heavy (non-hydrogen) atoms. The molecule has 2 saturated heterocycles. The van der Waals surface area contributed by atoms with E-state index in [2.05, 4.69) is 20.4 Å². The molecule has 0 unspecified atom stereocenters. The van der Waals surface area contributed by atoms with Gasteiger partial charge in [0.05, 0.1) is 17.9 Å². The maximum atomic E-state index is 13.0. The van der Waals surface area contributed by atoms with E-state index in [0.29, 0.717) is 24.4 Å². The molecule has 2 fully saturated rings. The standard InChI is InChI=1S/C16H22N4O5S/c21-26(22,18-10-12-4-2-8-24-12)16-14(17-9-11-3-1-7-23-11)6-5-13-15(16)20-25-19-13/h5-6,11-12,17-18H,1-4,7-10H2/t11-,12-/m1/s1. The topological polar surface area (TPSA) is 116 Å². The Balaban J connectivity index is 1.59. The third kappa shape index (κ3) is 3.68. The summed E-state index contributed by atoms with van der Waals surface area (Å²) in [7, 11) is -3.82. The third-order valence-corrected chi connectivity index (χ3v) is 6.22. The lowest BCUT2D eigenvalue weighted by Crippen LogP contribution is -2.32. The predicted octanol–water partition coefficient (Wildman–Crippen LogP) is 1.27. The molecule has 0 radical (unpaired) electrons. The highest BCUT2D eigenvalue weighted by Crippen LogP contribution is 2.29. The van der Waals surface area contributed by atoms with Gasteiger partial charge in [0.2, 0.25) is 10.0 Å². The quantitative estimate of drug-likeness (QED) is 0.736. The van der Waals surface area contributed by atoms with Crippen molar-refractivity contribution < 1.29 is 22.5 Å². The van der Waals surface area contributed by atoms with Crippen molar-refractivity contribution in [2.45, 2.75) is 42.8 Å². The van der Waals surface area contributed by atoms with Gasteiger partial charge < -0.3 is 14.8 Å². The monoisotopic (exact) mass is 382 g/mol. The van der Waals surface area contributed by atoms with Crippen molar-refractivity contribution in [3.8, 4) is 0 Å². The van der Waals surface area contributed by atoms with E-state index in [1.807, 2.05) is 0 Å². The zero-order chi connectivity index (χ0) is 18.0. The second kappa shape index (κ2) is 7.47. The first-order valence-electron chi connectivity index (χ1n) is 8.85. The number of benzene rings is 1. The van der Waals surface area contributed by atoms with Crippen LogP contribution in [-0.2, 0) is 19.5 Å². The van der Waals surface area contributed by atoms with Gasteiger partial charge in [-0.1, -0.05) is 0 Å². The Morgan fingerprint density at radius 2 is 1.77 bits per heavy atom. The van der Waals surface area contributed by atoms with Crippen LogP contribution in [0.1, 0.15) is 25.7 Å². The van der Waals surface area contributed by atoms with Gasteiger partial charge in [0.15, 0.2) is 5.52 Å². The first kappa shape index (κ1) is 17.7. The summed E-state index contributed by atoms with van der Waals surface area (Å²) in [5.74, 6) is 0. The fourth-order valence-corrected chi connectivity index (χ4v) is 4.72. The molecule has 9 nitrogen and oxygen atoms in total. The normalized spacial score (nSPS) is 23.7. The van der Waals surface area contributed by atoms with E-state index in [1.54, 1.807) is 12.1 Å². The van der Waals surface area contributed by atoms with Crippen molar-refractivity contribution in [2.75, 3.05) is 31.6 Å². The number of ether oxygens (including phenoxy) is 2. The molecule has 0 bridgehead atoms. The Bertz CT molecular complexity index is 857. The van der Waals surface area contributed by atoms with E-state index in [0.717, 1.165) is 32.3 Å². The largest absolute Gasteiger partial charge is 0.381 e. The summed E-state index contributed by atoms with van der Waals surface area (Å²) < 4.78 is 44.4. The number of nitrogens with zero attached hydrogens (tertiary/aromatic N) is 2. The lowest BCUT2D eigenvalue weighted by atomic mass is 10.2. The maximum absolute atomic E-state index is 13.0. The molecule has 3 heterocycles. The molecule has 2 aliphatic rings. The Labute approximate surface area is 151 Å². The molecule has 0 aliphatic carbocycles. The molecule has 0 spiro atoms. The molecule has 2 atom stereocenters. The molecule has 1 aromatic carbocycles. The number of hydrogen-bond acceptors (Lipinski definition) is 8. The van der Waals surface area contributed by atoms with E-state index in [-0.39, 0.29) is 29.2 Å². The van der Waals surface area contributed by atoms with Crippen LogP contribution in [0.15, 0.2) is 21.7 Å². The highest BCUT2D eigenvalue weighted by Gasteiger charge is 2.27. The molecule has 10 heteroatoms. The summed E-state index contributed by atoms with van der Waals surface area (Å²) in [6, 6.07) is 3.37. The molecular weight excluding hydrogens is 360 g/mol. The first-order valence-corrected chi connectivity index (χ1v) is 10.3. The maximum Gasteiger partial charge on any atom is 0.245 e. The summed E-state index contributed by atoms with van der Waals surface area (Å²) >= 11 is 0. The molecule has 2 aliphatic heterocycles. The van der Waals surface area contributed by atoms with Crippen LogP contribution >= 0.6 is 0 Å². The fraction of sp³-hybridized carbons (Fsp3) is 0.625. The minimum Gasteiger partial charge on any atom is -0.381 e. The minimum absolute atomic E-state index is 0.0484. The van der Waals surface area contributed by atoms with Gasteiger partial charge in [-0.2, -0.15) is 0 Å². The second-order valence-corrected chi connectivity index (χ2v) is 8.28. The summed E-state index contributed by atoms with van der Waals surface area (Å²) in [4.78, 5) is 0.0484. The van der Waals surface area contributed by atoms with Crippen LogP contribution in [0.2, 0.25) is 0 Å². The number of nitrogens with one attached hydrogen (secondary N) is 2. The van der Waals surface area contributed by atoms with Gasteiger partial charge in [-0.05, 0) is 48.1 Å². The molecule has 2 aromatic rings. The van der Waals surface area contributed by atoms with Crippen LogP contribution in [0.5, 0.6) is 0 Å². The molecular formula is C16H22N4O5S. The third-order valence-electron chi connectivity index (χ3n) is 4.72. The van der Waals surface area contributed by atoms with Gasteiger partial charge in [-0.3, -0.25) is 0 Å². The Kier molecular flexibility index (Phi) is 5.07. The number of hydrogen-bond donors (Lipinski definition) is 2. The average molecular weight is 382 g/mol. The van der Waals surface area contributed by atoms with Crippen molar-refractivity contribution in [1.82, 2.24) is 15.0 Å². The van der Waals surface area contributed by atoms with Gasteiger partial charge in [0.25, 0.3) is 0 Å². The van der Waals surface area contributed by atoms with E-state index >= 15 is 0 Å². The van der Waals surface area contributed by atoms with Crippen LogP contribution in [-0.4, -0.2) is 57.2 Å². The van der Waals surface area contributed by atoms with E-state index < -0.39 is 10.0 Å². The van der Waals surface area contributed by atoms with E-state index in [1.165, 1.54) is 0 Å². The number of anilines is 1. The second-order valence-electron chi connectivity index (χ2n) is 6.58. The number of rotatable bonds is 7. The van der Waals surface area contributed by atoms with Gasteiger partial charge in [-0.15, -0.1) is 0 Å². The van der Waals surface area contributed by atoms with E-state index in [4.69, 9.17) is 14.1 Å². The molecule has 1 aromatic heterocycles. The smallest absolute Gasteiger partial charge is 0.245 e. The minimum atomic E-state index is -3.82. The van der Waals surface area contributed by atoms with Crippen LogP contribution in [0.3, 0.4) is 0 Å². The highest BCUT2D eigenvalue weighted by molar-refractivity contribution is 7.89. The van der Waals surface area contributed by atoms with Gasteiger partial charge >= 0.3 is 0 Å².